The summed E-state index contributed by atoms with van der Waals surface area (Å²) in [7, 11) is 0. The van der Waals surface area contributed by atoms with Gasteiger partial charge in [0.05, 0.1) is 0 Å². The fourth-order valence-electron chi connectivity index (χ4n) is 7.46. The highest BCUT2D eigenvalue weighted by atomic mass is 32.1. The van der Waals surface area contributed by atoms with Crippen LogP contribution in [0.2, 0.25) is 0 Å². The summed E-state index contributed by atoms with van der Waals surface area (Å²) in [6.45, 7) is 8.93. The molecule has 0 N–H and O–H groups in total. The molecule has 0 saturated heterocycles. The van der Waals surface area contributed by atoms with Crippen molar-refractivity contribution in [3.05, 3.63) is 168 Å². The largest absolute Gasteiger partial charge is 0.135 e. The lowest BCUT2D eigenvalue weighted by Gasteiger charge is -2.17. The summed E-state index contributed by atoms with van der Waals surface area (Å²) in [4.78, 5) is 0. The zero-order valence-electron chi connectivity index (χ0n) is 29.8. The van der Waals surface area contributed by atoms with Crippen molar-refractivity contribution in [1.29, 1.82) is 0 Å². The predicted octanol–water partition coefficient (Wildman–Crippen LogP) is 15.3. The summed E-state index contributed by atoms with van der Waals surface area (Å²) >= 11 is 1.89. The Morgan fingerprint density at radius 2 is 0.941 bits per heavy atom. The average Bonchev–Trinajstić information content (AvgIpc) is 3.57. The fourth-order valence-corrected chi connectivity index (χ4v) is 8.70. The van der Waals surface area contributed by atoms with Gasteiger partial charge in [-0.1, -0.05) is 147 Å². The van der Waals surface area contributed by atoms with Crippen LogP contribution >= 0.6 is 11.3 Å². The maximum atomic E-state index is 2.40. The van der Waals surface area contributed by atoms with Crippen molar-refractivity contribution in [2.24, 2.45) is 0 Å². The van der Waals surface area contributed by atoms with Crippen molar-refractivity contribution in [2.75, 3.05) is 0 Å². The lowest BCUT2D eigenvalue weighted by atomic mass is 9.87. The Hall–Kier alpha value is -5.50. The topological polar surface area (TPSA) is 0 Å². The minimum atomic E-state index is 1.02. The molecule has 0 spiro atoms. The molecule has 0 fully saturated rings. The average molecular weight is 675 g/mol. The van der Waals surface area contributed by atoms with Crippen LogP contribution in [-0.2, 0) is 0 Å². The molecular weight excluding hydrogens is 633 g/mol. The number of hydrogen-bond acceptors (Lipinski definition) is 1. The van der Waals surface area contributed by atoms with Crippen LogP contribution in [0.3, 0.4) is 0 Å². The van der Waals surface area contributed by atoms with E-state index in [-0.39, 0.29) is 0 Å². The zero-order valence-corrected chi connectivity index (χ0v) is 30.7. The van der Waals surface area contributed by atoms with Gasteiger partial charge in [-0.3, -0.25) is 0 Å². The molecule has 0 unspecified atom stereocenters. The maximum Gasteiger partial charge on any atom is 0.0433 e. The molecule has 0 saturated carbocycles. The van der Waals surface area contributed by atoms with Crippen molar-refractivity contribution in [1.82, 2.24) is 0 Å². The highest BCUT2D eigenvalue weighted by Gasteiger charge is 2.14. The fraction of sp³-hybridized carbons (Fsp3) is 0.120. The molecule has 248 valence electrons. The minimum Gasteiger partial charge on any atom is -0.135 e. The number of allylic oxidation sites excluding steroid dienone is 2. The van der Waals surface area contributed by atoms with Gasteiger partial charge in [-0.05, 0) is 128 Å². The van der Waals surface area contributed by atoms with E-state index in [4.69, 9.17) is 0 Å². The smallest absolute Gasteiger partial charge is 0.0433 e. The van der Waals surface area contributed by atoms with Gasteiger partial charge in [-0.2, -0.15) is 0 Å². The molecule has 1 heterocycles. The van der Waals surface area contributed by atoms with Gasteiger partial charge in [0, 0.05) is 20.2 Å². The van der Waals surface area contributed by atoms with Crippen LogP contribution in [0.4, 0.5) is 0 Å². The molecule has 8 rings (SSSR count). The normalized spacial score (nSPS) is 11.9. The molecule has 1 aromatic heterocycles. The number of fused-ring (bicyclic) bond motifs is 4. The van der Waals surface area contributed by atoms with E-state index in [2.05, 4.69) is 185 Å². The Kier molecular flexibility index (Phi) is 8.99. The van der Waals surface area contributed by atoms with E-state index in [9.17, 15) is 0 Å². The Balaban J connectivity index is 1.12. The summed E-state index contributed by atoms with van der Waals surface area (Å²) in [6.07, 6.45) is 11.2. The van der Waals surface area contributed by atoms with Crippen LogP contribution in [0.15, 0.2) is 146 Å². The van der Waals surface area contributed by atoms with Crippen molar-refractivity contribution < 1.29 is 0 Å². The quantitative estimate of drug-likeness (QED) is 0.150. The zero-order chi connectivity index (χ0) is 34.9. The Morgan fingerprint density at radius 1 is 0.431 bits per heavy atom. The van der Waals surface area contributed by atoms with E-state index >= 15 is 0 Å². The number of thiophene rings is 1. The van der Waals surface area contributed by atoms with E-state index < -0.39 is 0 Å². The van der Waals surface area contributed by atoms with Crippen molar-refractivity contribution >= 4 is 54.4 Å². The molecule has 0 aliphatic carbocycles. The summed E-state index contributed by atoms with van der Waals surface area (Å²) < 4.78 is 2.69. The van der Waals surface area contributed by atoms with Gasteiger partial charge in [0.1, 0.15) is 0 Å². The summed E-state index contributed by atoms with van der Waals surface area (Å²) in [5.74, 6) is 0. The first-order valence-corrected chi connectivity index (χ1v) is 19.0. The summed E-state index contributed by atoms with van der Waals surface area (Å²) in [6, 6.07) is 49.5. The van der Waals surface area contributed by atoms with Crippen LogP contribution < -0.4 is 0 Å². The van der Waals surface area contributed by atoms with Gasteiger partial charge in [-0.25, -0.2) is 0 Å². The minimum absolute atomic E-state index is 1.02. The van der Waals surface area contributed by atoms with Crippen LogP contribution in [-0.4, -0.2) is 0 Å². The first-order chi connectivity index (χ1) is 25.0. The van der Waals surface area contributed by atoms with Gasteiger partial charge in [0.25, 0.3) is 0 Å². The lowest BCUT2D eigenvalue weighted by molar-refractivity contribution is 1.23. The lowest BCUT2D eigenvalue weighted by Crippen LogP contribution is -1.95. The van der Waals surface area contributed by atoms with Gasteiger partial charge in [-0.15, -0.1) is 11.3 Å². The van der Waals surface area contributed by atoms with Crippen LogP contribution in [0.1, 0.15) is 48.9 Å². The van der Waals surface area contributed by atoms with Crippen molar-refractivity contribution in [3.8, 4) is 44.5 Å². The first kappa shape index (κ1) is 32.7. The highest BCUT2D eigenvalue weighted by molar-refractivity contribution is 7.26. The van der Waals surface area contributed by atoms with E-state index in [0.29, 0.717) is 0 Å². The van der Waals surface area contributed by atoms with Gasteiger partial charge in [0.15, 0.2) is 0 Å². The van der Waals surface area contributed by atoms with Crippen molar-refractivity contribution in [3.63, 3.8) is 0 Å². The standard InChI is InChI=1S/C50H42S/c1-5-7-18-42-33(3)34(4)43(19-8-6-2)48-32-40(28-29-45(42)48)39-16-11-14-37(30-39)35-24-26-36(27-25-35)38-15-12-17-41(31-38)44-21-13-22-47-46-20-9-10-23-49(46)51-50(44)47/h7-32H,5-6H2,1-4H3/b18-7-,19-8-. The third-order valence-electron chi connectivity index (χ3n) is 10.3. The number of benzene rings is 7. The Morgan fingerprint density at radius 3 is 1.61 bits per heavy atom. The highest BCUT2D eigenvalue weighted by Crippen LogP contribution is 2.41. The third kappa shape index (κ3) is 6.13. The summed E-state index contributed by atoms with van der Waals surface area (Å²) in [5, 5.41) is 5.31. The molecule has 0 bridgehead atoms. The van der Waals surface area contributed by atoms with E-state index in [0.717, 1.165) is 12.8 Å². The maximum absolute atomic E-state index is 2.40. The van der Waals surface area contributed by atoms with Crippen LogP contribution in [0.5, 0.6) is 0 Å². The molecule has 0 atom stereocenters. The van der Waals surface area contributed by atoms with E-state index in [1.165, 1.54) is 97.7 Å². The number of hydrogen-bond donors (Lipinski definition) is 0. The van der Waals surface area contributed by atoms with Gasteiger partial charge >= 0.3 is 0 Å². The van der Waals surface area contributed by atoms with Crippen LogP contribution in [0.25, 0.3) is 87.6 Å². The van der Waals surface area contributed by atoms with Gasteiger partial charge < -0.3 is 0 Å². The molecule has 7 aromatic carbocycles. The SMILES string of the molecule is CC/C=C\c1c(C)c(C)c(/C=C\CC)c2cc(-c3cccc(-c4ccc(-c5cccc(-c6cccc7c6sc6ccccc67)c5)cc4)c3)ccc12. The third-order valence-corrected chi connectivity index (χ3v) is 11.6. The molecule has 0 radical (unpaired) electrons. The molecule has 0 aliphatic heterocycles. The van der Waals surface area contributed by atoms with Gasteiger partial charge in [0.2, 0.25) is 0 Å². The summed E-state index contributed by atoms with van der Waals surface area (Å²) in [5.41, 5.74) is 15.3. The Labute approximate surface area is 306 Å². The monoisotopic (exact) mass is 674 g/mol. The second-order valence-corrected chi connectivity index (χ2v) is 14.5. The van der Waals surface area contributed by atoms with E-state index in [1.807, 2.05) is 11.3 Å². The Bertz CT molecular complexity index is 2610. The van der Waals surface area contributed by atoms with Crippen molar-refractivity contribution in [2.45, 2.75) is 40.5 Å². The number of rotatable bonds is 8. The predicted molar refractivity (Wildman–Crippen MR) is 227 cm³/mol. The van der Waals surface area contributed by atoms with Crippen LogP contribution in [0, 0.1) is 13.8 Å². The molecular formula is C50H42S. The van der Waals surface area contributed by atoms with E-state index in [1.54, 1.807) is 0 Å². The molecule has 0 amide bonds. The first-order valence-electron chi connectivity index (χ1n) is 18.2. The second-order valence-electron chi connectivity index (χ2n) is 13.5. The molecule has 51 heavy (non-hydrogen) atoms. The molecule has 0 nitrogen and oxygen atoms in total. The molecule has 0 aliphatic rings. The molecule has 1 heteroatoms. The molecule has 8 aromatic rings. The second kappa shape index (κ2) is 14.0.